The van der Waals surface area contributed by atoms with Gasteiger partial charge in [0.25, 0.3) is 5.56 Å². The van der Waals surface area contributed by atoms with Crippen LogP contribution in [0.1, 0.15) is 43.5 Å². The quantitative estimate of drug-likeness (QED) is 0.350. The van der Waals surface area contributed by atoms with E-state index in [1.165, 1.54) is 58.6 Å². The molecule has 7 heteroatoms. The van der Waals surface area contributed by atoms with Crippen molar-refractivity contribution in [2.24, 2.45) is 5.92 Å². The predicted molar refractivity (Wildman–Crippen MR) is 127 cm³/mol. The second-order valence-corrected chi connectivity index (χ2v) is 8.96. The summed E-state index contributed by atoms with van der Waals surface area (Å²) in [6, 6.07) is 12.2. The maximum atomic E-state index is 12.9. The summed E-state index contributed by atoms with van der Waals surface area (Å²) in [7, 11) is 0. The summed E-state index contributed by atoms with van der Waals surface area (Å²) in [4.78, 5) is 12.9. The number of aryl methyl sites for hydroxylation is 1. The Morgan fingerprint density at radius 2 is 1.79 bits per heavy atom. The number of hydrogen-bond acceptors (Lipinski definition) is 2. The minimum atomic E-state index is -4.40. The zero-order chi connectivity index (χ0) is 24.0. The molecule has 0 radical (unpaired) electrons. The van der Waals surface area contributed by atoms with E-state index < -0.39 is 11.7 Å². The summed E-state index contributed by atoms with van der Waals surface area (Å²) < 4.78 is 42.2. The summed E-state index contributed by atoms with van der Waals surface area (Å²) in [5.41, 5.74) is 4.55. The van der Waals surface area contributed by atoms with Crippen molar-refractivity contribution in [1.29, 1.82) is 0 Å². The molecule has 5 rings (SSSR count). The lowest BCUT2D eigenvalue weighted by atomic mass is 9.85. The lowest BCUT2D eigenvalue weighted by Gasteiger charge is -2.22. The van der Waals surface area contributed by atoms with E-state index in [-0.39, 0.29) is 5.56 Å². The van der Waals surface area contributed by atoms with E-state index in [1.54, 1.807) is 0 Å². The molecule has 2 aromatic heterocycles. The van der Waals surface area contributed by atoms with Crippen LogP contribution in [0.5, 0.6) is 0 Å². The number of halogens is 3. The summed E-state index contributed by atoms with van der Waals surface area (Å²) in [5.74, 6) is 0.713. The van der Waals surface area contributed by atoms with E-state index in [1.807, 2.05) is 12.1 Å². The minimum Gasteiger partial charge on any atom is -0.345 e. The topological polar surface area (TPSA) is 39.8 Å². The Balaban J connectivity index is 1.52. The van der Waals surface area contributed by atoms with E-state index in [9.17, 15) is 18.0 Å². The van der Waals surface area contributed by atoms with E-state index in [4.69, 9.17) is 0 Å². The first-order valence-electron chi connectivity index (χ1n) is 11.7. The Morgan fingerprint density at radius 3 is 2.44 bits per heavy atom. The third kappa shape index (κ3) is 3.83. The molecule has 0 aliphatic heterocycles. The van der Waals surface area contributed by atoms with Crippen molar-refractivity contribution in [2.45, 2.75) is 52.3 Å². The summed E-state index contributed by atoms with van der Waals surface area (Å²) in [6.45, 7) is 5.25. The highest BCUT2D eigenvalue weighted by Gasteiger charge is 2.30. The second kappa shape index (κ2) is 8.46. The molecule has 0 N–H and O–H groups in total. The van der Waals surface area contributed by atoms with Gasteiger partial charge >= 0.3 is 6.18 Å². The summed E-state index contributed by atoms with van der Waals surface area (Å²) in [5, 5.41) is 5.58. The first-order valence-corrected chi connectivity index (χ1v) is 11.7. The molecule has 4 aromatic rings. The molecular weight excluding hydrogens is 439 g/mol. The predicted octanol–water partition coefficient (Wildman–Crippen LogP) is 6.41. The van der Waals surface area contributed by atoms with Gasteiger partial charge in [-0.05, 0) is 67.5 Å². The molecule has 1 aliphatic rings. The molecule has 1 unspecified atom stereocenters. The van der Waals surface area contributed by atoms with Gasteiger partial charge < -0.3 is 4.57 Å². The van der Waals surface area contributed by atoms with E-state index in [0.29, 0.717) is 22.7 Å². The summed E-state index contributed by atoms with van der Waals surface area (Å²) in [6.07, 6.45) is 1.68. The highest BCUT2D eigenvalue weighted by Crippen LogP contribution is 2.36. The Hall–Kier alpha value is -3.35. The van der Waals surface area contributed by atoms with Crippen LogP contribution >= 0.6 is 0 Å². The van der Waals surface area contributed by atoms with Gasteiger partial charge in [0.05, 0.1) is 23.0 Å². The molecule has 0 spiro atoms. The average Bonchev–Trinajstić information content (AvgIpc) is 3.15. The average molecular weight is 466 g/mol. The fraction of sp³-hybridized carbons (Fsp3) is 0.333. The van der Waals surface area contributed by atoms with Crippen LogP contribution in [0.25, 0.3) is 27.7 Å². The monoisotopic (exact) mass is 465 g/mol. The van der Waals surface area contributed by atoms with Crippen molar-refractivity contribution in [3.8, 4) is 16.8 Å². The second-order valence-electron chi connectivity index (χ2n) is 8.96. The Morgan fingerprint density at radius 1 is 1.03 bits per heavy atom. The first-order chi connectivity index (χ1) is 16.3. The molecule has 176 valence electrons. The fourth-order valence-electron chi connectivity index (χ4n) is 5.16. The Kier molecular flexibility index (Phi) is 5.58. The zero-order valence-electron chi connectivity index (χ0n) is 19.2. The van der Waals surface area contributed by atoms with Gasteiger partial charge in [-0.25, -0.2) is 0 Å². The van der Waals surface area contributed by atoms with Gasteiger partial charge in [0.2, 0.25) is 0 Å². The van der Waals surface area contributed by atoms with Gasteiger partial charge in [-0.2, -0.15) is 23.0 Å². The molecule has 0 fully saturated rings. The largest absolute Gasteiger partial charge is 0.416 e. The molecule has 4 nitrogen and oxygen atoms in total. The van der Waals surface area contributed by atoms with Crippen LogP contribution in [0.4, 0.5) is 13.2 Å². The highest BCUT2D eigenvalue weighted by molar-refractivity contribution is 5.87. The first kappa shape index (κ1) is 22.4. The molecule has 2 aromatic carbocycles. The lowest BCUT2D eigenvalue weighted by Crippen LogP contribution is -2.20. The van der Waals surface area contributed by atoms with Gasteiger partial charge in [-0.1, -0.05) is 31.5 Å². The van der Waals surface area contributed by atoms with Crippen LogP contribution in [0.3, 0.4) is 0 Å². The summed E-state index contributed by atoms with van der Waals surface area (Å²) >= 11 is 0. The maximum absolute atomic E-state index is 12.9. The molecule has 1 aliphatic carbocycles. The van der Waals surface area contributed by atoms with Crippen LogP contribution in [-0.4, -0.2) is 14.3 Å². The van der Waals surface area contributed by atoms with Crippen molar-refractivity contribution in [1.82, 2.24) is 14.3 Å². The van der Waals surface area contributed by atoms with E-state index in [2.05, 4.69) is 29.6 Å². The molecule has 0 saturated heterocycles. The van der Waals surface area contributed by atoms with E-state index in [0.717, 1.165) is 37.0 Å². The van der Waals surface area contributed by atoms with Gasteiger partial charge in [0.15, 0.2) is 0 Å². The zero-order valence-corrected chi connectivity index (χ0v) is 19.2. The number of benzene rings is 2. The number of rotatable bonds is 4. The van der Waals surface area contributed by atoms with Crippen molar-refractivity contribution in [2.75, 3.05) is 0 Å². The lowest BCUT2D eigenvalue weighted by molar-refractivity contribution is -0.137. The van der Waals surface area contributed by atoms with Crippen LogP contribution < -0.4 is 5.56 Å². The standard InChI is InChI=1S/C27H26F3N3O/c1-3-17-5-12-24-23(13-17)22-11-10-21(15-25(22)32(24)4-2)33-26(34)14-19(16-31-33)18-6-8-20(9-7-18)27(28,29)30/h6-11,14-17H,3-5,12-13H2,1-2H3. The SMILES string of the molecule is CCC1CCc2c(c3ccc(-n4ncc(-c5ccc(C(F)(F)F)cc5)cc4=O)cc3n2CC)C1. The molecule has 0 amide bonds. The molecule has 0 bridgehead atoms. The van der Waals surface area contributed by atoms with Gasteiger partial charge in [0.1, 0.15) is 0 Å². The van der Waals surface area contributed by atoms with Crippen LogP contribution in [0.2, 0.25) is 0 Å². The van der Waals surface area contributed by atoms with Gasteiger partial charge in [0, 0.05) is 29.3 Å². The van der Waals surface area contributed by atoms with Crippen LogP contribution in [0, 0.1) is 5.92 Å². The number of alkyl halides is 3. The number of fused-ring (bicyclic) bond motifs is 3. The van der Waals surface area contributed by atoms with E-state index >= 15 is 0 Å². The van der Waals surface area contributed by atoms with Crippen molar-refractivity contribution in [3.63, 3.8) is 0 Å². The van der Waals surface area contributed by atoms with Crippen molar-refractivity contribution >= 4 is 10.9 Å². The molecular formula is C27H26F3N3O. The van der Waals surface area contributed by atoms with Crippen LogP contribution in [0.15, 0.2) is 59.5 Å². The van der Waals surface area contributed by atoms with Crippen molar-refractivity contribution in [3.05, 3.63) is 81.9 Å². The highest BCUT2D eigenvalue weighted by atomic mass is 19.4. The fourth-order valence-corrected chi connectivity index (χ4v) is 5.16. The Bertz CT molecular complexity index is 1410. The van der Waals surface area contributed by atoms with Gasteiger partial charge in [-0.15, -0.1) is 0 Å². The molecule has 0 saturated carbocycles. The Labute approximate surface area is 195 Å². The normalized spacial score (nSPS) is 16.1. The van der Waals surface area contributed by atoms with Gasteiger partial charge in [-0.3, -0.25) is 4.79 Å². The maximum Gasteiger partial charge on any atom is 0.416 e. The number of nitrogens with zero attached hydrogens (tertiary/aromatic N) is 3. The number of aromatic nitrogens is 3. The molecule has 34 heavy (non-hydrogen) atoms. The van der Waals surface area contributed by atoms with Crippen LogP contribution in [-0.2, 0) is 25.6 Å². The van der Waals surface area contributed by atoms with Crippen molar-refractivity contribution < 1.29 is 13.2 Å². The third-order valence-electron chi connectivity index (χ3n) is 7.04. The molecule has 2 heterocycles. The third-order valence-corrected chi connectivity index (χ3v) is 7.04. The number of hydrogen-bond donors (Lipinski definition) is 0. The molecule has 1 atom stereocenters. The smallest absolute Gasteiger partial charge is 0.345 e. The minimum absolute atomic E-state index is 0.331.